The second-order valence-corrected chi connectivity index (χ2v) is 7.59. The van der Waals surface area contributed by atoms with Gasteiger partial charge in [-0.2, -0.15) is 0 Å². The summed E-state index contributed by atoms with van der Waals surface area (Å²) in [7, 11) is 1.85. The van der Waals surface area contributed by atoms with Gasteiger partial charge in [-0.15, -0.1) is 0 Å². The number of ether oxygens (including phenoxy) is 1. The summed E-state index contributed by atoms with van der Waals surface area (Å²) < 4.78 is 5.14. The minimum absolute atomic E-state index is 0.0659. The highest BCUT2D eigenvalue weighted by Crippen LogP contribution is 2.61. The Morgan fingerprint density at radius 3 is 2.67 bits per heavy atom. The lowest BCUT2D eigenvalue weighted by molar-refractivity contribution is -0.139. The molecule has 1 fully saturated rings. The number of nitrogens with zero attached hydrogens (tertiary/aromatic N) is 1. The molecule has 0 aliphatic heterocycles. The molecule has 5 heteroatoms. The Balaban J connectivity index is 1.38. The van der Waals surface area contributed by atoms with Crippen molar-refractivity contribution in [3.8, 4) is 5.75 Å². The molecule has 1 N–H and O–H groups in total. The Morgan fingerprint density at radius 1 is 1.19 bits per heavy atom. The predicted octanol–water partition coefficient (Wildman–Crippen LogP) is 3.01. The lowest BCUT2D eigenvalue weighted by atomic mass is 9.95. The monoisotopic (exact) mass is 365 g/mol. The van der Waals surface area contributed by atoms with Gasteiger partial charge in [0.25, 0.3) is 0 Å². The summed E-state index contributed by atoms with van der Waals surface area (Å²) in [5.74, 6) is -0.197. The summed E-state index contributed by atoms with van der Waals surface area (Å²) in [6, 6.07) is 15.7. The molecule has 1 spiro atoms. The number of aryl methyl sites for hydroxylation is 1. The molecule has 2 unspecified atom stereocenters. The maximum atomic E-state index is 13.0. The van der Waals surface area contributed by atoms with E-state index in [1.54, 1.807) is 17.0 Å². The molecule has 0 aromatic heterocycles. The Morgan fingerprint density at radius 2 is 1.93 bits per heavy atom. The van der Waals surface area contributed by atoms with Crippen molar-refractivity contribution in [2.24, 2.45) is 5.92 Å². The number of aliphatic carboxylic acids is 1. The standard InChI is InChI=1S/C22H23NO4/c1-23(13-15-6-8-17(9-7-15)27-14-20(24)25)21(26)19-12-22(19)11-10-16-4-2-3-5-18(16)22/h2-9,19H,10-14H2,1H3,(H,24,25). The van der Waals surface area contributed by atoms with Crippen molar-refractivity contribution in [2.75, 3.05) is 13.7 Å². The van der Waals surface area contributed by atoms with Gasteiger partial charge in [0.05, 0.1) is 0 Å². The summed E-state index contributed by atoms with van der Waals surface area (Å²) in [6.07, 6.45) is 3.10. The fourth-order valence-electron chi connectivity index (χ4n) is 4.37. The van der Waals surface area contributed by atoms with Crippen LogP contribution >= 0.6 is 0 Å². The van der Waals surface area contributed by atoms with Crippen molar-refractivity contribution in [1.82, 2.24) is 4.90 Å². The number of amides is 1. The van der Waals surface area contributed by atoms with E-state index in [-0.39, 0.29) is 23.8 Å². The van der Waals surface area contributed by atoms with Crippen LogP contribution in [0, 0.1) is 5.92 Å². The molecular weight excluding hydrogens is 342 g/mol. The average Bonchev–Trinajstić information content (AvgIpc) is 3.29. The SMILES string of the molecule is CN(Cc1ccc(OCC(=O)O)cc1)C(=O)C1CC12CCc1ccccc12. The summed E-state index contributed by atoms with van der Waals surface area (Å²) in [4.78, 5) is 25.3. The van der Waals surface area contributed by atoms with Crippen LogP contribution in [0.2, 0.25) is 0 Å². The summed E-state index contributed by atoms with van der Waals surface area (Å²) in [5.41, 5.74) is 3.83. The molecule has 1 saturated carbocycles. The van der Waals surface area contributed by atoms with Crippen molar-refractivity contribution < 1.29 is 19.4 Å². The van der Waals surface area contributed by atoms with Gasteiger partial charge in [0.15, 0.2) is 6.61 Å². The number of fused-ring (bicyclic) bond motifs is 2. The fraction of sp³-hybridized carbons (Fsp3) is 0.364. The molecule has 0 heterocycles. The Labute approximate surface area is 158 Å². The molecule has 2 aliphatic rings. The van der Waals surface area contributed by atoms with Crippen LogP contribution in [0.4, 0.5) is 0 Å². The second kappa shape index (κ2) is 6.72. The van der Waals surface area contributed by atoms with E-state index in [1.165, 1.54) is 11.1 Å². The summed E-state index contributed by atoms with van der Waals surface area (Å²) in [5, 5.41) is 8.65. The number of carboxylic acid groups (broad SMARTS) is 1. The van der Waals surface area contributed by atoms with E-state index in [9.17, 15) is 9.59 Å². The molecule has 0 bridgehead atoms. The van der Waals surface area contributed by atoms with Gasteiger partial charge < -0.3 is 14.7 Å². The van der Waals surface area contributed by atoms with E-state index in [1.807, 2.05) is 19.2 Å². The first-order chi connectivity index (χ1) is 13.0. The van der Waals surface area contributed by atoms with Gasteiger partial charge in [-0.1, -0.05) is 36.4 Å². The molecule has 5 nitrogen and oxygen atoms in total. The molecule has 1 amide bonds. The van der Waals surface area contributed by atoms with Gasteiger partial charge in [0.1, 0.15) is 5.75 Å². The van der Waals surface area contributed by atoms with Crippen LogP contribution in [0.1, 0.15) is 29.5 Å². The van der Waals surface area contributed by atoms with Crippen LogP contribution in [0.25, 0.3) is 0 Å². The number of benzene rings is 2. The normalized spacial score (nSPS) is 22.3. The van der Waals surface area contributed by atoms with E-state index >= 15 is 0 Å². The first kappa shape index (κ1) is 17.6. The van der Waals surface area contributed by atoms with Gasteiger partial charge in [-0.05, 0) is 48.1 Å². The van der Waals surface area contributed by atoms with E-state index in [4.69, 9.17) is 9.84 Å². The lowest BCUT2D eigenvalue weighted by Crippen LogP contribution is -2.30. The molecule has 140 valence electrons. The van der Waals surface area contributed by atoms with Crippen LogP contribution in [0.5, 0.6) is 5.75 Å². The Hall–Kier alpha value is -2.82. The quantitative estimate of drug-likeness (QED) is 0.855. The zero-order valence-corrected chi connectivity index (χ0v) is 15.4. The number of carbonyl (C=O) groups is 2. The van der Waals surface area contributed by atoms with Crippen molar-refractivity contribution >= 4 is 11.9 Å². The zero-order chi connectivity index (χ0) is 19.0. The molecular formula is C22H23NO4. The van der Waals surface area contributed by atoms with Gasteiger partial charge in [0, 0.05) is 24.9 Å². The average molecular weight is 365 g/mol. The molecule has 2 aliphatic carbocycles. The third-order valence-electron chi connectivity index (χ3n) is 5.85. The van der Waals surface area contributed by atoms with Crippen LogP contribution in [0.15, 0.2) is 48.5 Å². The topological polar surface area (TPSA) is 66.8 Å². The van der Waals surface area contributed by atoms with Crippen molar-refractivity contribution in [1.29, 1.82) is 0 Å². The molecule has 2 aromatic rings. The highest BCUT2D eigenvalue weighted by Gasteiger charge is 2.61. The number of carboxylic acids is 1. The highest BCUT2D eigenvalue weighted by molar-refractivity contribution is 5.85. The second-order valence-electron chi connectivity index (χ2n) is 7.59. The lowest BCUT2D eigenvalue weighted by Gasteiger charge is -2.20. The van der Waals surface area contributed by atoms with E-state index in [0.717, 1.165) is 24.8 Å². The smallest absolute Gasteiger partial charge is 0.341 e. The zero-order valence-electron chi connectivity index (χ0n) is 15.4. The molecule has 27 heavy (non-hydrogen) atoms. The minimum atomic E-state index is -1.00. The molecule has 2 atom stereocenters. The van der Waals surface area contributed by atoms with Gasteiger partial charge in [-0.25, -0.2) is 4.79 Å². The van der Waals surface area contributed by atoms with Gasteiger partial charge >= 0.3 is 5.97 Å². The van der Waals surface area contributed by atoms with Crippen molar-refractivity contribution in [3.63, 3.8) is 0 Å². The van der Waals surface area contributed by atoms with Crippen LogP contribution in [0.3, 0.4) is 0 Å². The number of hydrogen-bond donors (Lipinski definition) is 1. The molecule has 0 saturated heterocycles. The molecule has 4 rings (SSSR count). The van der Waals surface area contributed by atoms with Crippen LogP contribution in [-0.2, 0) is 28.0 Å². The third kappa shape index (κ3) is 3.29. The van der Waals surface area contributed by atoms with Crippen LogP contribution < -0.4 is 4.74 Å². The fourth-order valence-corrected chi connectivity index (χ4v) is 4.37. The Bertz CT molecular complexity index is 876. The first-order valence-electron chi connectivity index (χ1n) is 9.26. The van der Waals surface area contributed by atoms with E-state index in [0.29, 0.717) is 12.3 Å². The number of carbonyl (C=O) groups excluding carboxylic acids is 1. The minimum Gasteiger partial charge on any atom is -0.482 e. The Kier molecular flexibility index (Phi) is 4.38. The first-order valence-corrected chi connectivity index (χ1v) is 9.26. The molecule has 2 aromatic carbocycles. The number of hydrogen-bond acceptors (Lipinski definition) is 3. The number of rotatable bonds is 6. The molecule has 0 radical (unpaired) electrons. The van der Waals surface area contributed by atoms with Gasteiger partial charge in [-0.3, -0.25) is 4.79 Å². The third-order valence-corrected chi connectivity index (χ3v) is 5.85. The van der Waals surface area contributed by atoms with Gasteiger partial charge in [0.2, 0.25) is 5.91 Å². The summed E-state index contributed by atoms with van der Waals surface area (Å²) >= 11 is 0. The highest BCUT2D eigenvalue weighted by atomic mass is 16.5. The largest absolute Gasteiger partial charge is 0.482 e. The predicted molar refractivity (Wildman–Crippen MR) is 101 cm³/mol. The van der Waals surface area contributed by atoms with Crippen molar-refractivity contribution in [3.05, 3.63) is 65.2 Å². The van der Waals surface area contributed by atoms with Crippen molar-refractivity contribution in [2.45, 2.75) is 31.2 Å². The summed E-state index contributed by atoms with van der Waals surface area (Å²) in [6.45, 7) is 0.176. The van der Waals surface area contributed by atoms with E-state index in [2.05, 4.69) is 24.3 Å². The van der Waals surface area contributed by atoms with Crippen LogP contribution in [-0.4, -0.2) is 35.5 Å². The van der Waals surface area contributed by atoms with E-state index < -0.39 is 5.97 Å². The maximum absolute atomic E-state index is 13.0. The maximum Gasteiger partial charge on any atom is 0.341 e.